The van der Waals surface area contributed by atoms with Gasteiger partial charge >= 0.3 is 0 Å². The minimum Gasteiger partial charge on any atom is -0.491 e. The van der Waals surface area contributed by atoms with Crippen molar-refractivity contribution in [1.29, 1.82) is 0 Å². The monoisotopic (exact) mass is 477 g/mol. The number of amides is 4. The highest BCUT2D eigenvalue weighted by atomic mass is 16.5. The fraction of sp³-hybridized carbons (Fsp3) is 0.565. The van der Waals surface area contributed by atoms with E-state index in [0.717, 1.165) is 19.4 Å². The van der Waals surface area contributed by atoms with E-state index in [4.69, 9.17) is 4.74 Å². The Balaban J connectivity index is 2.21. The van der Waals surface area contributed by atoms with Gasteiger partial charge in [0.25, 0.3) is 5.91 Å². The molecule has 188 valence electrons. The molecule has 1 aromatic carbocycles. The first-order chi connectivity index (χ1) is 16.2. The molecule has 0 aromatic heterocycles. The predicted molar refractivity (Wildman–Crippen MR) is 125 cm³/mol. The van der Waals surface area contributed by atoms with Crippen molar-refractivity contribution < 1.29 is 29.0 Å². The maximum atomic E-state index is 13.0. The molecular weight excluding hydrogens is 442 g/mol. The van der Waals surface area contributed by atoms with E-state index >= 15 is 0 Å². The second-order valence-electron chi connectivity index (χ2n) is 8.44. The average Bonchev–Trinajstić information content (AvgIpc) is 2.80. The molecule has 11 heteroatoms. The van der Waals surface area contributed by atoms with E-state index < -0.39 is 48.7 Å². The maximum Gasteiger partial charge on any atom is 0.255 e. The molecule has 34 heavy (non-hydrogen) atoms. The number of nitrogens with zero attached hydrogens (tertiary/aromatic N) is 2. The summed E-state index contributed by atoms with van der Waals surface area (Å²) in [7, 11) is 5.45. The van der Waals surface area contributed by atoms with Gasteiger partial charge in [0, 0.05) is 13.6 Å². The van der Waals surface area contributed by atoms with Crippen molar-refractivity contribution in [3.63, 3.8) is 0 Å². The van der Waals surface area contributed by atoms with Crippen LogP contribution >= 0.6 is 0 Å². The van der Waals surface area contributed by atoms with Gasteiger partial charge < -0.3 is 35.6 Å². The molecular formula is C23H35N5O6. The molecule has 0 radical (unpaired) electrons. The van der Waals surface area contributed by atoms with Crippen LogP contribution in [0.1, 0.15) is 29.6 Å². The zero-order valence-electron chi connectivity index (χ0n) is 20.0. The number of unbranched alkanes of at least 4 members (excludes halogenated alkanes) is 1. The van der Waals surface area contributed by atoms with Gasteiger partial charge in [-0.05, 0) is 45.6 Å². The fourth-order valence-corrected chi connectivity index (χ4v) is 3.41. The summed E-state index contributed by atoms with van der Waals surface area (Å²) >= 11 is 0. The third kappa shape index (κ3) is 8.31. The van der Waals surface area contributed by atoms with Crippen molar-refractivity contribution in [3.8, 4) is 5.75 Å². The molecule has 0 fully saturated rings. The lowest BCUT2D eigenvalue weighted by Crippen LogP contribution is -2.53. The molecule has 1 aliphatic rings. The first-order valence-electron chi connectivity index (χ1n) is 11.3. The van der Waals surface area contributed by atoms with Crippen LogP contribution in [0.25, 0.3) is 0 Å². The first kappa shape index (κ1) is 27.1. The van der Waals surface area contributed by atoms with E-state index in [9.17, 15) is 24.3 Å². The lowest BCUT2D eigenvalue weighted by atomic mass is 10.1. The quantitative estimate of drug-likeness (QED) is 0.368. The van der Waals surface area contributed by atoms with Gasteiger partial charge in [-0.2, -0.15) is 0 Å². The van der Waals surface area contributed by atoms with Crippen LogP contribution in [0.2, 0.25) is 0 Å². The summed E-state index contributed by atoms with van der Waals surface area (Å²) in [6.45, 7) is 0.937. The minimum absolute atomic E-state index is 0.0927. The molecule has 0 bridgehead atoms. The Morgan fingerprint density at radius 3 is 2.65 bits per heavy atom. The summed E-state index contributed by atoms with van der Waals surface area (Å²) in [5, 5.41) is 17.4. The molecule has 1 aromatic rings. The normalized spacial score (nSPS) is 20.0. The van der Waals surface area contributed by atoms with E-state index in [1.54, 1.807) is 24.3 Å². The van der Waals surface area contributed by atoms with Crippen LogP contribution < -0.4 is 20.7 Å². The molecule has 2 atom stereocenters. The van der Waals surface area contributed by atoms with Crippen LogP contribution in [0.4, 0.5) is 0 Å². The van der Waals surface area contributed by atoms with Gasteiger partial charge in [-0.15, -0.1) is 0 Å². The highest BCUT2D eigenvalue weighted by Gasteiger charge is 2.29. The number of aliphatic hydroxyl groups is 1. The Morgan fingerprint density at radius 2 is 1.94 bits per heavy atom. The summed E-state index contributed by atoms with van der Waals surface area (Å²) < 4.78 is 5.71. The molecule has 0 unspecified atom stereocenters. The van der Waals surface area contributed by atoms with Gasteiger partial charge in [0.15, 0.2) is 0 Å². The van der Waals surface area contributed by atoms with Crippen molar-refractivity contribution in [3.05, 3.63) is 29.8 Å². The number of carbonyl (C=O) groups excluding carboxylic acids is 4. The van der Waals surface area contributed by atoms with Crippen molar-refractivity contribution >= 4 is 23.6 Å². The number of likely N-dealkylation sites (N-methyl/N-ethyl adjacent to an activating group) is 1. The molecule has 4 N–H and O–H groups in total. The zero-order chi connectivity index (χ0) is 25.1. The first-order valence-corrected chi connectivity index (χ1v) is 11.3. The lowest BCUT2D eigenvalue weighted by Gasteiger charge is -2.25. The molecule has 0 saturated carbocycles. The average molecular weight is 478 g/mol. The summed E-state index contributed by atoms with van der Waals surface area (Å²) in [5.74, 6) is -1.91. The van der Waals surface area contributed by atoms with Crippen LogP contribution in [0.15, 0.2) is 24.3 Å². The summed E-state index contributed by atoms with van der Waals surface area (Å²) in [5.41, 5.74) is 0.214. The number of hydrogen-bond donors (Lipinski definition) is 4. The molecule has 11 nitrogen and oxygen atoms in total. The Hall–Kier alpha value is -3.18. The van der Waals surface area contributed by atoms with Gasteiger partial charge in [0.1, 0.15) is 24.4 Å². The number of aliphatic hydroxyl groups excluding tert-OH is 1. The Kier molecular flexibility index (Phi) is 10.8. The molecule has 1 heterocycles. The standard InChI is InChI=1S/C23H35N5O6/c1-27(2)11-7-6-10-24-22(32)17-14-20(30)25-18(15-29)23(33)28(3)12-13-34-19-9-5-4-8-16(19)21(31)26-17/h4-5,8-9,17-18,29H,6-7,10-15H2,1-3H3,(H,24,32)(H,25,30)(H,26,31)/t17-,18-/m0/s1. The van der Waals surface area contributed by atoms with Crippen LogP contribution in [-0.4, -0.2) is 105 Å². The molecule has 2 rings (SSSR count). The van der Waals surface area contributed by atoms with Crippen molar-refractivity contribution in [2.24, 2.45) is 0 Å². The number of carbonyl (C=O) groups is 4. The minimum atomic E-state index is -1.18. The topological polar surface area (TPSA) is 140 Å². The highest BCUT2D eigenvalue weighted by Crippen LogP contribution is 2.18. The van der Waals surface area contributed by atoms with Crippen molar-refractivity contribution in [1.82, 2.24) is 25.8 Å². The van der Waals surface area contributed by atoms with Gasteiger partial charge in [-0.25, -0.2) is 0 Å². The number of hydrogen-bond acceptors (Lipinski definition) is 7. The van der Waals surface area contributed by atoms with E-state index in [-0.39, 0.29) is 18.7 Å². The number of ether oxygens (including phenoxy) is 1. The maximum absolute atomic E-state index is 13.0. The Bertz CT molecular complexity index is 862. The second-order valence-corrected chi connectivity index (χ2v) is 8.44. The van der Waals surface area contributed by atoms with Gasteiger partial charge in [0.2, 0.25) is 17.7 Å². The van der Waals surface area contributed by atoms with E-state index in [1.165, 1.54) is 11.9 Å². The van der Waals surface area contributed by atoms with Gasteiger partial charge in [0.05, 0.1) is 25.1 Å². The van der Waals surface area contributed by atoms with Crippen LogP contribution in [0.3, 0.4) is 0 Å². The van der Waals surface area contributed by atoms with Crippen LogP contribution in [0, 0.1) is 0 Å². The SMILES string of the molecule is CN(C)CCCCNC(=O)[C@@H]1CC(=O)N[C@@H](CO)C(=O)N(C)CCOc2ccccc2C(=O)N1. The summed E-state index contributed by atoms with van der Waals surface area (Å²) in [6, 6.07) is 4.20. The van der Waals surface area contributed by atoms with E-state index in [1.807, 2.05) is 19.0 Å². The lowest BCUT2D eigenvalue weighted by molar-refractivity contribution is -0.137. The summed E-state index contributed by atoms with van der Waals surface area (Å²) in [4.78, 5) is 54.4. The predicted octanol–water partition coefficient (Wildman–Crippen LogP) is -1.04. The smallest absolute Gasteiger partial charge is 0.255 e. The largest absolute Gasteiger partial charge is 0.491 e. The van der Waals surface area contributed by atoms with Crippen molar-refractivity contribution in [2.45, 2.75) is 31.3 Å². The summed E-state index contributed by atoms with van der Waals surface area (Å²) in [6.07, 6.45) is 1.22. The van der Waals surface area contributed by atoms with Crippen molar-refractivity contribution in [2.75, 3.05) is 54.0 Å². The van der Waals surface area contributed by atoms with E-state index in [2.05, 4.69) is 16.0 Å². The number of fused-ring (bicyclic) bond motifs is 1. The van der Waals surface area contributed by atoms with Crippen LogP contribution in [0.5, 0.6) is 5.75 Å². The number of rotatable bonds is 7. The Morgan fingerprint density at radius 1 is 1.21 bits per heavy atom. The van der Waals surface area contributed by atoms with Gasteiger partial charge in [-0.1, -0.05) is 12.1 Å². The molecule has 0 spiro atoms. The second kappa shape index (κ2) is 13.5. The number of benzene rings is 1. The Labute approximate surface area is 199 Å². The van der Waals surface area contributed by atoms with E-state index in [0.29, 0.717) is 12.3 Å². The molecule has 1 aliphatic heterocycles. The molecule has 4 amide bonds. The number of nitrogens with one attached hydrogen (secondary N) is 3. The highest BCUT2D eigenvalue weighted by molar-refractivity contribution is 6.01. The third-order valence-electron chi connectivity index (χ3n) is 5.35. The number of para-hydroxylation sites is 1. The fourth-order valence-electron chi connectivity index (χ4n) is 3.41. The molecule has 0 aliphatic carbocycles. The third-order valence-corrected chi connectivity index (χ3v) is 5.35. The van der Waals surface area contributed by atoms with Crippen LogP contribution in [-0.2, 0) is 14.4 Å². The molecule has 0 saturated heterocycles. The van der Waals surface area contributed by atoms with Gasteiger partial charge in [-0.3, -0.25) is 19.2 Å². The zero-order valence-corrected chi connectivity index (χ0v) is 20.0.